The molecule has 0 atom stereocenters. The first-order chi connectivity index (χ1) is 8.47. The minimum Gasteiger partial charge on any atom is -0.300 e. The lowest BCUT2D eigenvalue weighted by atomic mass is 10.1. The van der Waals surface area contributed by atoms with Crippen LogP contribution in [0, 0.1) is 13.8 Å². The zero-order chi connectivity index (χ0) is 13.3. The number of benzene rings is 1. The molecular weight excluding hydrogens is 292 g/mol. The van der Waals surface area contributed by atoms with Crippen LogP contribution >= 0.6 is 15.9 Å². The standard InChI is InChI=1S/C14H15BrN2O/c1-9-6-13(4-5-14(9)15)17-8-12(7-10(2)18)11(3)16-17/h4-6,8H,7H2,1-3H3. The summed E-state index contributed by atoms with van der Waals surface area (Å²) in [5, 5.41) is 4.45. The largest absolute Gasteiger partial charge is 0.300 e. The second-order valence-electron chi connectivity index (χ2n) is 4.50. The first-order valence-corrected chi connectivity index (χ1v) is 6.58. The molecule has 0 aliphatic rings. The molecule has 0 aliphatic heterocycles. The number of carbonyl (C=O) groups is 1. The smallest absolute Gasteiger partial charge is 0.134 e. The molecule has 94 valence electrons. The summed E-state index contributed by atoms with van der Waals surface area (Å²) in [5.41, 5.74) is 4.07. The molecule has 0 bridgehead atoms. The van der Waals surface area contributed by atoms with E-state index in [2.05, 4.69) is 27.1 Å². The van der Waals surface area contributed by atoms with Crippen molar-refractivity contribution in [3.8, 4) is 5.69 Å². The van der Waals surface area contributed by atoms with Gasteiger partial charge >= 0.3 is 0 Å². The Bertz CT molecular complexity index is 602. The van der Waals surface area contributed by atoms with E-state index in [1.54, 1.807) is 6.92 Å². The Balaban J connectivity index is 2.39. The Labute approximate surface area is 115 Å². The van der Waals surface area contributed by atoms with Crippen molar-refractivity contribution in [1.82, 2.24) is 9.78 Å². The monoisotopic (exact) mass is 306 g/mol. The van der Waals surface area contributed by atoms with Crippen LogP contribution in [0.4, 0.5) is 0 Å². The first-order valence-electron chi connectivity index (χ1n) is 5.78. The van der Waals surface area contributed by atoms with Crippen molar-refractivity contribution >= 4 is 21.7 Å². The van der Waals surface area contributed by atoms with E-state index in [1.807, 2.05) is 36.9 Å². The molecule has 1 heterocycles. The second kappa shape index (κ2) is 5.06. The summed E-state index contributed by atoms with van der Waals surface area (Å²) in [6, 6.07) is 6.07. The van der Waals surface area contributed by atoms with Crippen LogP contribution < -0.4 is 0 Å². The number of halogens is 1. The van der Waals surface area contributed by atoms with Crippen LogP contribution in [-0.2, 0) is 11.2 Å². The van der Waals surface area contributed by atoms with Gasteiger partial charge in [0, 0.05) is 22.7 Å². The Kier molecular flexibility index (Phi) is 3.66. The molecule has 0 fully saturated rings. The molecule has 0 spiro atoms. The topological polar surface area (TPSA) is 34.9 Å². The van der Waals surface area contributed by atoms with Gasteiger partial charge in [-0.05, 0) is 44.5 Å². The normalized spacial score (nSPS) is 10.7. The van der Waals surface area contributed by atoms with Gasteiger partial charge in [0.15, 0.2) is 0 Å². The summed E-state index contributed by atoms with van der Waals surface area (Å²) in [5.74, 6) is 0.157. The Morgan fingerprint density at radius 2 is 2.11 bits per heavy atom. The van der Waals surface area contributed by atoms with E-state index in [1.165, 1.54) is 0 Å². The highest BCUT2D eigenvalue weighted by Crippen LogP contribution is 2.20. The highest BCUT2D eigenvalue weighted by atomic mass is 79.9. The van der Waals surface area contributed by atoms with Gasteiger partial charge in [-0.3, -0.25) is 4.79 Å². The van der Waals surface area contributed by atoms with E-state index < -0.39 is 0 Å². The number of Topliss-reactive ketones (excluding diaryl/α,β-unsaturated/α-hetero) is 1. The number of carbonyl (C=O) groups excluding carboxylic acids is 1. The predicted octanol–water partition coefficient (Wildman–Crippen LogP) is 3.38. The molecule has 0 saturated heterocycles. The van der Waals surface area contributed by atoms with Crippen LogP contribution in [0.5, 0.6) is 0 Å². The average molecular weight is 307 g/mol. The van der Waals surface area contributed by atoms with E-state index >= 15 is 0 Å². The number of ketones is 1. The zero-order valence-electron chi connectivity index (χ0n) is 10.7. The fourth-order valence-electron chi connectivity index (χ4n) is 1.84. The predicted molar refractivity (Wildman–Crippen MR) is 75.1 cm³/mol. The van der Waals surface area contributed by atoms with Crippen molar-refractivity contribution in [2.24, 2.45) is 0 Å². The van der Waals surface area contributed by atoms with Crippen LogP contribution in [0.25, 0.3) is 5.69 Å². The van der Waals surface area contributed by atoms with E-state index in [4.69, 9.17) is 0 Å². The quantitative estimate of drug-likeness (QED) is 0.871. The minimum atomic E-state index is 0.157. The number of hydrogen-bond acceptors (Lipinski definition) is 2. The summed E-state index contributed by atoms with van der Waals surface area (Å²) in [6.45, 7) is 5.57. The number of aryl methyl sites for hydroxylation is 2. The van der Waals surface area contributed by atoms with Crippen LogP contribution in [0.1, 0.15) is 23.7 Å². The molecule has 0 amide bonds. The summed E-state index contributed by atoms with van der Waals surface area (Å²) in [4.78, 5) is 11.2. The lowest BCUT2D eigenvalue weighted by molar-refractivity contribution is -0.116. The van der Waals surface area contributed by atoms with Crippen molar-refractivity contribution in [2.75, 3.05) is 0 Å². The fourth-order valence-corrected chi connectivity index (χ4v) is 2.09. The second-order valence-corrected chi connectivity index (χ2v) is 5.35. The maximum Gasteiger partial charge on any atom is 0.134 e. The van der Waals surface area contributed by atoms with Crippen LogP contribution in [0.2, 0.25) is 0 Å². The van der Waals surface area contributed by atoms with Gasteiger partial charge in [0.1, 0.15) is 5.78 Å². The Morgan fingerprint density at radius 1 is 1.39 bits per heavy atom. The van der Waals surface area contributed by atoms with E-state index in [-0.39, 0.29) is 5.78 Å². The van der Waals surface area contributed by atoms with E-state index in [0.717, 1.165) is 27.0 Å². The molecule has 0 radical (unpaired) electrons. The molecule has 3 nitrogen and oxygen atoms in total. The molecule has 1 aromatic carbocycles. The van der Waals surface area contributed by atoms with Crippen molar-refractivity contribution < 1.29 is 4.79 Å². The van der Waals surface area contributed by atoms with E-state index in [9.17, 15) is 4.79 Å². The summed E-state index contributed by atoms with van der Waals surface area (Å²) < 4.78 is 2.91. The maximum absolute atomic E-state index is 11.2. The summed E-state index contributed by atoms with van der Waals surface area (Å²) in [7, 11) is 0. The number of aromatic nitrogens is 2. The third-order valence-corrected chi connectivity index (χ3v) is 3.74. The van der Waals surface area contributed by atoms with Crippen LogP contribution in [-0.4, -0.2) is 15.6 Å². The molecule has 18 heavy (non-hydrogen) atoms. The van der Waals surface area contributed by atoms with Crippen LogP contribution in [0.3, 0.4) is 0 Å². The number of rotatable bonds is 3. The Hall–Kier alpha value is -1.42. The number of nitrogens with zero attached hydrogens (tertiary/aromatic N) is 2. The van der Waals surface area contributed by atoms with Gasteiger partial charge in [0.05, 0.1) is 11.4 Å². The van der Waals surface area contributed by atoms with Gasteiger partial charge < -0.3 is 0 Å². The lowest BCUT2D eigenvalue weighted by Gasteiger charge is -2.04. The van der Waals surface area contributed by atoms with Crippen molar-refractivity contribution in [3.05, 3.63) is 45.7 Å². The summed E-state index contributed by atoms with van der Waals surface area (Å²) in [6.07, 6.45) is 2.38. The molecular formula is C14H15BrN2O. The highest BCUT2D eigenvalue weighted by molar-refractivity contribution is 9.10. The van der Waals surface area contributed by atoms with E-state index in [0.29, 0.717) is 6.42 Å². The molecule has 0 aliphatic carbocycles. The van der Waals surface area contributed by atoms with Gasteiger partial charge in [-0.15, -0.1) is 0 Å². The molecule has 2 aromatic rings. The minimum absolute atomic E-state index is 0.157. The molecule has 0 N–H and O–H groups in total. The number of hydrogen-bond donors (Lipinski definition) is 0. The molecule has 0 saturated carbocycles. The third kappa shape index (κ3) is 2.70. The highest BCUT2D eigenvalue weighted by Gasteiger charge is 2.08. The third-order valence-electron chi connectivity index (χ3n) is 2.85. The van der Waals surface area contributed by atoms with Crippen molar-refractivity contribution in [1.29, 1.82) is 0 Å². The van der Waals surface area contributed by atoms with Gasteiger partial charge in [-0.1, -0.05) is 15.9 Å². The van der Waals surface area contributed by atoms with Gasteiger partial charge in [-0.2, -0.15) is 5.10 Å². The zero-order valence-corrected chi connectivity index (χ0v) is 12.3. The van der Waals surface area contributed by atoms with Gasteiger partial charge in [0.2, 0.25) is 0 Å². The molecule has 1 aromatic heterocycles. The van der Waals surface area contributed by atoms with Gasteiger partial charge in [-0.25, -0.2) is 4.68 Å². The fraction of sp³-hybridized carbons (Fsp3) is 0.286. The van der Waals surface area contributed by atoms with Crippen molar-refractivity contribution in [3.63, 3.8) is 0 Å². The lowest BCUT2D eigenvalue weighted by Crippen LogP contribution is -1.96. The van der Waals surface area contributed by atoms with Crippen LogP contribution in [0.15, 0.2) is 28.9 Å². The average Bonchev–Trinajstić information content (AvgIpc) is 2.63. The van der Waals surface area contributed by atoms with Gasteiger partial charge in [0.25, 0.3) is 0 Å². The molecule has 4 heteroatoms. The molecule has 2 rings (SSSR count). The SMILES string of the molecule is CC(=O)Cc1cn(-c2ccc(Br)c(C)c2)nc1C. The molecule has 0 unspecified atom stereocenters. The summed E-state index contributed by atoms with van der Waals surface area (Å²) >= 11 is 3.48. The van der Waals surface area contributed by atoms with Crippen molar-refractivity contribution in [2.45, 2.75) is 27.2 Å². The Morgan fingerprint density at radius 3 is 2.72 bits per heavy atom. The maximum atomic E-state index is 11.2. The first kappa shape index (κ1) is 13.0.